The molecule has 0 amide bonds. The van der Waals surface area contributed by atoms with E-state index < -0.39 is 7.37 Å². The zero-order valence-corrected chi connectivity index (χ0v) is 20.5. The Bertz CT molecular complexity index is 347. The smallest absolute Gasteiger partial charge is 0.203 e. The van der Waals surface area contributed by atoms with Crippen molar-refractivity contribution in [1.82, 2.24) is 0 Å². The Kier molecular flexibility index (Phi) is 17.2. The largest absolute Gasteiger partial charge is 0.328 e. The third-order valence-electron chi connectivity index (χ3n) is 6.25. The van der Waals surface area contributed by atoms with Gasteiger partial charge in [0.25, 0.3) is 0 Å². The van der Waals surface area contributed by atoms with Crippen LogP contribution in [0.25, 0.3) is 0 Å². The van der Waals surface area contributed by atoms with Gasteiger partial charge in [-0.25, -0.2) is 0 Å². The molecule has 27 heavy (non-hydrogen) atoms. The normalized spacial score (nSPS) is 17.4. The highest BCUT2D eigenvalue weighted by atomic mass is 31.2. The second-order valence-corrected chi connectivity index (χ2v) is 11.3. The Morgan fingerprint density at radius 2 is 1.00 bits per heavy atom. The molecule has 0 bridgehead atoms. The van der Waals surface area contributed by atoms with Gasteiger partial charge in [-0.3, -0.25) is 4.57 Å². The van der Waals surface area contributed by atoms with Crippen molar-refractivity contribution in [1.29, 1.82) is 0 Å². The van der Waals surface area contributed by atoms with Crippen LogP contribution in [0.3, 0.4) is 0 Å². The van der Waals surface area contributed by atoms with E-state index in [1.54, 1.807) is 0 Å². The molecule has 0 heterocycles. The van der Waals surface area contributed by atoms with Crippen LogP contribution in [0.5, 0.6) is 0 Å². The fourth-order valence-corrected chi connectivity index (χ4v) is 7.24. The van der Waals surface area contributed by atoms with Crippen LogP contribution >= 0.6 is 7.37 Å². The van der Waals surface area contributed by atoms with Gasteiger partial charge in [0.2, 0.25) is 7.37 Å². The second kappa shape index (κ2) is 17.1. The molecule has 0 N–H and O–H groups in total. The highest BCUT2D eigenvalue weighted by Gasteiger charge is 2.30. The molecule has 0 aromatic carbocycles. The van der Waals surface area contributed by atoms with E-state index in [0.29, 0.717) is 24.4 Å². The molecule has 0 saturated carbocycles. The van der Waals surface area contributed by atoms with Gasteiger partial charge in [-0.1, -0.05) is 99.3 Å². The standard InChI is InChI=1S/C24H51O2P/c1-7-13-16-22(10-4)19-26-27(25,20-23(11-5)17-14-8-2)21-24(12-6)18-15-9-3/h22-24H,7-21H2,1-6H3. The van der Waals surface area contributed by atoms with Crippen molar-refractivity contribution in [3.8, 4) is 0 Å². The molecule has 3 heteroatoms. The summed E-state index contributed by atoms with van der Waals surface area (Å²) in [5.74, 6) is 1.70. The summed E-state index contributed by atoms with van der Waals surface area (Å²) in [5, 5.41) is 0. The Hall–Kier alpha value is 0.190. The van der Waals surface area contributed by atoms with Gasteiger partial charge in [-0.05, 0) is 37.0 Å². The first-order valence-electron chi connectivity index (χ1n) is 12.2. The minimum absolute atomic E-state index is 0.565. The van der Waals surface area contributed by atoms with E-state index in [-0.39, 0.29) is 0 Å². The molecular formula is C24H51O2P. The minimum atomic E-state index is -2.54. The molecule has 2 nitrogen and oxygen atoms in total. The van der Waals surface area contributed by atoms with Gasteiger partial charge in [0, 0.05) is 12.3 Å². The first-order chi connectivity index (χ1) is 13.0. The summed E-state index contributed by atoms with van der Waals surface area (Å²) in [4.78, 5) is 0. The number of hydrogen-bond donors (Lipinski definition) is 0. The summed E-state index contributed by atoms with van der Waals surface area (Å²) in [6.07, 6.45) is 16.1. The van der Waals surface area contributed by atoms with Gasteiger partial charge < -0.3 is 4.52 Å². The van der Waals surface area contributed by atoms with Crippen molar-refractivity contribution < 1.29 is 9.09 Å². The maximum absolute atomic E-state index is 14.0. The van der Waals surface area contributed by atoms with Crippen molar-refractivity contribution in [2.45, 2.75) is 119 Å². The Morgan fingerprint density at radius 3 is 1.33 bits per heavy atom. The fraction of sp³-hybridized carbons (Fsp3) is 1.00. The molecule has 3 atom stereocenters. The maximum atomic E-state index is 14.0. The van der Waals surface area contributed by atoms with E-state index in [9.17, 15) is 4.57 Å². The second-order valence-electron chi connectivity index (χ2n) is 8.72. The molecule has 0 radical (unpaired) electrons. The van der Waals surface area contributed by atoms with Crippen molar-refractivity contribution in [2.75, 3.05) is 18.9 Å². The lowest BCUT2D eigenvalue weighted by atomic mass is 10.0. The monoisotopic (exact) mass is 402 g/mol. The molecule has 0 rings (SSSR count). The van der Waals surface area contributed by atoms with Crippen LogP contribution < -0.4 is 0 Å². The molecule has 3 unspecified atom stereocenters. The average molecular weight is 403 g/mol. The molecule has 0 aliphatic rings. The predicted octanol–water partition coefficient (Wildman–Crippen LogP) is 8.93. The molecular weight excluding hydrogens is 351 g/mol. The SMILES string of the molecule is CCCCC(CC)COP(=O)(CC(CC)CCCC)CC(CC)CCCC. The lowest BCUT2D eigenvalue weighted by molar-refractivity contribution is 0.228. The van der Waals surface area contributed by atoms with Crippen molar-refractivity contribution in [3.63, 3.8) is 0 Å². The zero-order valence-electron chi connectivity index (χ0n) is 19.6. The summed E-state index contributed by atoms with van der Waals surface area (Å²) in [6, 6.07) is 0. The maximum Gasteiger partial charge on any atom is 0.203 e. The van der Waals surface area contributed by atoms with Crippen LogP contribution in [0, 0.1) is 17.8 Å². The molecule has 0 saturated heterocycles. The molecule has 0 aliphatic carbocycles. The van der Waals surface area contributed by atoms with Gasteiger partial charge in [0.05, 0.1) is 6.61 Å². The Labute approximate surface area is 172 Å². The van der Waals surface area contributed by atoms with E-state index in [0.717, 1.165) is 31.6 Å². The Balaban J connectivity index is 5.05. The summed E-state index contributed by atoms with van der Waals surface area (Å²) in [5.41, 5.74) is 0. The lowest BCUT2D eigenvalue weighted by Crippen LogP contribution is -2.17. The van der Waals surface area contributed by atoms with E-state index in [1.165, 1.54) is 57.8 Å². The van der Waals surface area contributed by atoms with E-state index in [1.807, 2.05) is 0 Å². The van der Waals surface area contributed by atoms with Crippen LogP contribution in [0.15, 0.2) is 0 Å². The van der Waals surface area contributed by atoms with Crippen LogP contribution in [0.2, 0.25) is 0 Å². The minimum Gasteiger partial charge on any atom is -0.328 e. The quantitative estimate of drug-likeness (QED) is 0.202. The van der Waals surface area contributed by atoms with Crippen molar-refractivity contribution in [2.24, 2.45) is 17.8 Å². The van der Waals surface area contributed by atoms with Crippen LogP contribution in [-0.4, -0.2) is 18.9 Å². The predicted molar refractivity (Wildman–Crippen MR) is 123 cm³/mol. The average Bonchev–Trinajstić information content (AvgIpc) is 2.68. The highest BCUT2D eigenvalue weighted by molar-refractivity contribution is 7.59. The first-order valence-corrected chi connectivity index (χ1v) is 14.2. The van der Waals surface area contributed by atoms with Crippen LogP contribution in [-0.2, 0) is 9.09 Å². The first kappa shape index (κ1) is 27.2. The molecule has 0 aromatic heterocycles. The van der Waals surface area contributed by atoms with Crippen molar-refractivity contribution >= 4 is 7.37 Å². The van der Waals surface area contributed by atoms with Gasteiger partial charge in [0.15, 0.2) is 0 Å². The van der Waals surface area contributed by atoms with Gasteiger partial charge in [0.1, 0.15) is 0 Å². The molecule has 0 aromatic rings. The van der Waals surface area contributed by atoms with E-state index in [2.05, 4.69) is 41.5 Å². The topological polar surface area (TPSA) is 26.3 Å². The lowest BCUT2D eigenvalue weighted by Gasteiger charge is -2.28. The van der Waals surface area contributed by atoms with Crippen LogP contribution in [0.1, 0.15) is 119 Å². The molecule has 0 fully saturated rings. The fourth-order valence-electron chi connectivity index (χ4n) is 3.94. The molecule has 164 valence electrons. The highest BCUT2D eigenvalue weighted by Crippen LogP contribution is 2.52. The number of unbranched alkanes of at least 4 members (excludes halogenated alkanes) is 3. The van der Waals surface area contributed by atoms with Gasteiger partial charge >= 0.3 is 0 Å². The van der Waals surface area contributed by atoms with Crippen molar-refractivity contribution in [3.05, 3.63) is 0 Å². The van der Waals surface area contributed by atoms with Gasteiger partial charge in [-0.2, -0.15) is 0 Å². The summed E-state index contributed by atoms with van der Waals surface area (Å²) in [6.45, 7) is 14.2. The number of hydrogen-bond acceptors (Lipinski definition) is 2. The third kappa shape index (κ3) is 13.1. The van der Waals surface area contributed by atoms with E-state index >= 15 is 0 Å². The van der Waals surface area contributed by atoms with Crippen LogP contribution in [0.4, 0.5) is 0 Å². The summed E-state index contributed by atoms with van der Waals surface area (Å²) < 4.78 is 20.3. The van der Waals surface area contributed by atoms with Gasteiger partial charge in [-0.15, -0.1) is 0 Å². The number of rotatable bonds is 19. The third-order valence-corrected chi connectivity index (χ3v) is 9.01. The molecule has 0 aliphatic heterocycles. The summed E-state index contributed by atoms with van der Waals surface area (Å²) >= 11 is 0. The zero-order chi connectivity index (χ0) is 20.5. The molecule has 0 spiro atoms. The van der Waals surface area contributed by atoms with E-state index in [4.69, 9.17) is 4.52 Å². The Morgan fingerprint density at radius 1 is 0.630 bits per heavy atom. The summed E-state index contributed by atoms with van der Waals surface area (Å²) in [7, 11) is -2.54.